The molecule has 1 aliphatic rings. The van der Waals surface area contributed by atoms with E-state index in [9.17, 15) is 17.6 Å². The monoisotopic (exact) mass is 344 g/mol. The molecule has 0 aromatic heterocycles. The zero-order valence-electron chi connectivity index (χ0n) is 14.6. The van der Waals surface area contributed by atoms with Gasteiger partial charge < -0.3 is 0 Å². The third kappa shape index (κ3) is 4.52. The first-order chi connectivity index (χ1) is 11.3. The zero-order chi connectivity index (χ0) is 17.8. The van der Waals surface area contributed by atoms with E-state index < -0.39 is 17.4 Å². The maximum Gasteiger partial charge on any atom is 0.335 e. The van der Waals surface area contributed by atoms with Crippen LogP contribution in [0.3, 0.4) is 0 Å². The van der Waals surface area contributed by atoms with Gasteiger partial charge in [-0.15, -0.1) is 0 Å². The fraction of sp³-hybridized carbons (Fsp3) is 0.700. The molecule has 2 rings (SSSR count). The molecular weight excluding hydrogens is 316 g/mol. The van der Waals surface area contributed by atoms with Gasteiger partial charge in [0, 0.05) is 12.5 Å². The molecule has 0 unspecified atom stereocenters. The summed E-state index contributed by atoms with van der Waals surface area (Å²) in [6, 6.07) is 5.55. The number of rotatable bonds is 7. The minimum Gasteiger partial charge on any atom is -0.200 e. The summed E-state index contributed by atoms with van der Waals surface area (Å²) in [4.78, 5) is 0. The van der Waals surface area contributed by atoms with E-state index in [0.717, 1.165) is 24.3 Å². The molecule has 24 heavy (non-hydrogen) atoms. The molecule has 1 aliphatic carbocycles. The molecule has 1 saturated carbocycles. The van der Waals surface area contributed by atoms with Crippen LogP contribution in [0.2, 0.25) is 0 Å². The number of halogens is 4. The van der Waals surface area contributed by atoms with E-state index in [2.05, 4.69) is 6.92 Å². The van der Waals surface area contributed by atoms with Gasteiger partial charge in [-0.3, -0.25) is 0 Å². The normalized spacial score (nSPS) is 22.6. The zero-order valence-corrected chi connectivity index (χ0v) is 14.6. The fourth-order valence-corrected chi connectivity index (χ4v) is 3.69. The van der Waals surface area contributed by atoms with Gasteiger partial charge in [-0.05, 0) is 43.1 Å². The molecule has 1 aromatic rings. The summed E-state index contributed by atoms with van der Waals surface area (Å²) in [7, 11) is 0. The Morgan fingerprint density at radius 1 is 0.917 bits per heavy atom. The highest BCUT2D eigenvalue weighted by Crippen LogP contribution is 2.43. The third-order valence-electron chi connectivity index (χ3n) is 5.36. The predicted molar refractivity (Wildman–Crippen MR) is 89.8 cm³/mol. The van der Waals surface area contributed by atoms with E-state index in [1.165, 1.54) is 50.7 Å². The Bertz CT molecular complexity index is 493. The molecule has 0 heterocycles. The second-order valence-corrected chi connectivity index (χ2v) is 7.30. The number of unbranched alkanes of at least 4 members (excludes halogenated alkanes) is 2. The van der Waals surface area contributed by atoms with Gasteiger partial charge >= 0.3 is 11.8 Å². The molecule has 0 nitrogen and oxygen atoms in total. The van der Waals surface area contributed by atoms with Crippen molar-refractivity contribution in [2.75, 3.05) is 0 Å². The van der Waals surface area contributed by atoms with Crippen LogP contribution in [0.25, 0.3) is 0 Å². The topological polar surface area (TPSA) is 0 Å². The van der Waals surface area contributed by atoms with Crippen molar-refractivity contribution in [3.8, 4) is 0 Å². The van der Waals surface area contributed by atoms with Gasteiger partial charge in [0.25, 0.3) is 0 Å². The van der Waals surface area contributed by atoms with Crippen LogP contribution in [-0.2, 0) is 5.92 Å². The smallest absolute Gasteiger partial charge is 0.200 e. The second kappa shape index (κ2) is 7.88. The van der Waals surface area contributed by atoms with Crippen molar-refractivity contribution in [2.24, 2.45) is 5.92 Å². The molecule has 0 radical (unpaired) electrons. The van der Waals surface area contributed by atoms with Gasteiger partial charge in [0.15, 0.2) is 0 Å². The molecule has 0 amide bonds. The molecular formula is C20H28F4. The molecule has 0 spiro atoms. The summed E-state index contributed by atoms with van der Waals surface area (Å²) in [5.74, 6) is -7.01. The van der Waals surface area contributed by atoms with Gasteiger partial charge in [0.1, 0.15) is 0 Å². The Kier molecular flexibility index (Phi) is 6.33. The highest BCUT2D eigenvalue weighted by molar-refractivity contribution is 5.29. The Labute approximate surface area is 142 Å². The molecule has 0 N–H and O–H groups in total. The first-order valence-corrected chi connectivity index (χ1v) is 9.11. The minimum absolute atomic E-state index is 0.265. The molecule has 136 valence electrons. The Morgan fingerprint density at radius 2 is 1.50 bits per heavy atom. The standard InChI is InChI=1S/C20H28F4/c1-3-4-5-6-15-7-9-16(10-8-15)17-11-13-18(14-12-17)20(23,24)19(2,21)22/h11-16H,3-10H2,1-2H3. The van der Waals surface area contributed by atoms with Crippen LogP contribution in [0.4, 0.5) is 17.6 Å². The van der Waals surface area contributed by atoms with Crippen molar-refractivity contribution in [3.05, 3.63) is 35.4 Å². The molecule has 4 heteroatoms. The molecule has 0 saturated heterocycles. The number of alkyl halides is 4. The lowest BCUT2D eigenvalue weighted by atomic mass is 9.77. The van der Waals surface area contributed by atoms with Crippen molar-refractivity contribution >= 4 is 0 Å². The predicted octanol–water partition coefficient (Wildman–Crippen LogP) is 7.29. The van der Waals surface area contributed by atoms with Crippen LogP contribution < -0.4 is 0 Å². The van der Waals surface area contributed by atoms with Gasteiger partial charge in [-0.2, -0.15) is 17.6 Å². The third-order valence-corrected chi connectivity index (χ3v) is 5.36. The van der Waals surface area contributed by atoms with Crippen LogP contribution in [0.15, 0.2) is 24.3 Å². The number of hydrogen-bond acceptors (Lipinski definition) is 0. The van der Waals surface area contributed by atoms with Crippen molar-refractivity contribution < 1.29 is 17.6 Å². The largest absolute Gasteiger partial charge is 0.335 e. The lowest BCUT2D eigenvalue weighted by molar-refractivity contribution is -0.204. The van der Waals surface area contributed by atoms with E-state index in [1.807, 2.05) is 0 Å². The average Bonchev–Trinajstić information content (AvgIpc) is 2.55. The van der Waals surface area contributed by atoms with E-state index in [0.29, 0.717) is 5.92 Å². The maximum absolute atomic E-state index is 13.7. The maximum atomic E-state index is 13.7. The van der Waals surface area contributed by atoms with Crippen molar-refractivity contribution in [1.82, 2.24) is 0 Å². The molecule has 1 fully saturated rings. The molecule has 0 aliphatic heterocycles. The summed E-state index contributed by atoms with van der Waals surface area (Å²) in [6.07, 6.45) is 9.60. The highest BCUT2D eigenvalue weighted by Gasteiger charge is 2.53. The first kappa shape index (κ1) is 19.3. The van der Waals surface area contributed by atoms with Crippen LogP contribution in [0, 0.1) is 5.92 Å². The summed E-state index contributed by atoms with van der Waals surface area (Å²) in [5.41, 5.74) is 0.396. The lowest BCUT2D eigenvalue weighted by Gasteiger charge is -2.29. The highest BCUT2D eigenvalue weighted by atomic mass is 19.3. The first-order valence-electron chi connectivity index (χ1n) is 9.11. The van der Waals surface area contributed by atoms with Crippen LogP contribution in [-0.4, -0.2) is 5.92 Å². The summed E-state index contributed by atoms with van der Waals surface area (Å²) >= 11 is 0. The second-order valence-electron chi connectivity index (χ2n) is 7.30. The Hall–Kier alpha value is -1.06. The van der Waals surface area contributed by atoms with Crippen molar-refractivity contribution in [1.29, 1.82) is 0 Å². The van der Waals surface area contributed by atoms with Gasteiger partial charge in [0.05, 0.1) is 0 Å². The van der Waals surface area contributed by atoms with Crippen molar-refractivity contribution in [2.45, 2.75) is 83.0 Å². The van der Waals surface area contributed by atoms with Gasteiger partial charge in [-0.1, -0.05) is 56.9 Å². The molecule has 1 aromatic carbocycles. The average molecular weight is 344 g/mol. The molecule has 0 bridgehead atoms. The van der Waals surface area contributed by atoms with Crippen LogP contribution in [0.5, 0.6) is 0 Å². The minimum atomic E-state index is -4.12. The summed E-state index contributed by atoms with van der Waals surface area (Å²) in [5, 5.41) is 0. The fourth-order valence-electron chi connectivity index (χ4n) is 3.69. The number of hydrogen-bond donors (Lipinski definition) is 0. The summed E-state index contributed by atoms with van der Waals surface area (Å²) in [6.45, 7) is 2.47. The Morgan fingerprint density at radius 3 is 2.00 bits per heavy atom. The van der Waals surface area contributed by atoms with Crippen LogP contribution >= 0.6 is 0 Å². The van der Waals surface area contributed by atoms with E-state index in [-0.39, 0.29) is 6.92 Å². The summed E-state index contributed by atoms with van der Waals surface area (Å²) < 4.78 is 53.5. The lowest BCUT2D eigenvalue weighted by Crippen LogP contribution is -2.34. The Balaban J connectivity index is 1.93. The van der Waals surface area contributed by atoms with Crippen LogP contribution in [0.1, 0.15) is 82.3 Å². The molecule has 0 atom stereocenters. The SMILES string of the molecule is CCCCCC1CCC(c2ccc(C(F)(F)C(C)(F)F)cc2)CC1. The quantitative estimate of drug-likeness (QED) is 0.360. The van der Waals surface area contributed by atoms with Gasteiger partial charge in [-0.25, -0.2) is 0 Å². The van der Waals surface area contributed by atoms with E-state index >= 15 is 0 Å². The number of benzene rings is 1. The van der Waals surface area contributed by atoms with E-state index in [1.54, 1.807) is 12.1 Å². The van der Waals surface area contributed by atoms with E-state index in [4.69, 9.17) is 0 Å². The van der Waals surface area contributed by atoms with Crippen molar-refractivity contribution in [3.63, 3.8) is 0 Å². The van der Waals surface area contributed by atoms with Gasteiger partial charge in [0.2, 0.25) is 0 Å².